The fourth-order valence-corrected chi connectivity index (χ4v) is 11.1. The summed E-state index contributed by atoms with van der Waals surface area (Å²) in [5.74, 6) is 1.81. The zero-order chi connectivity index (χ0) is 38.5. The van der Waals surface area contributed by atoms with E-state index < -0.39 is 10.5 Å². The minimum atomic E-state index is -0.561. The largest absolute Gasteiger partial charge is 0.494 e. The Kier molecular flexibility index (Phi) is 19.3. The Morgan fingerprint density at radius 2 is 1.07 bits per heavy atom. The molecule has 0 N–H and O–H groups in total. The molecule has 0 amide bonds. The van der Waals surface area contributed by atoms with E-state index in [0.717, 1.165) is 60.4 Å². The van der Waals surface area contributed by atoms with Gasteiger partial charge in [0.05, 0.1) is 23.6 Å². The summed E-state index contributed by atoms with van der Waals surface area (Å²) in [6.07, 6.45) is 26.1. The molecule has 0 saturated carbocycles. The van der Waals surface area contributed by atoms with E-state index in [9.17, 15) is 4.79 Å². The van der Waals surface area contributed by atoms with Gasteiger partial charge in [-0.15, -0.1) is 0 Å². The van der Waals surface area contributed by atoms with Crippen LogP contribution in [0.3, 0.4) is 0 Å². The van der Waals surface area contributed by atoms with Crippen LogP contribution in [-0.4, -0.2) is 13.2 Å². The second-order valence-electron chi connectivity index (χ2n) is 15.0. The zero-order valence-electron chi connectivity index (χ0n) is 33.6. The van der Waals surface area contributed by atoms with Crippen molar-refractivity contribution in [3.8, 4) is 16.4 Å². The van der Waals surface area contributed by atoms with Crippen molar-refractivity contribution in [2.24, 2.45) is 0 Å². The van der Waals surface area contributed by atoms with Gasteiger partial charge in [0.25, 0.3) is 0 Å². The first-order valence-corrected chi connectivity index (χ1v) is 23.9. The van der Waals surface area contributed by atoms with Crippen LogP contribution in [0.25, 0.3) is 25.1 Å². The summed E-state index contributed by atoms with van der Waals surface area (Å²) in [4.78, 5) is 17.1. The van der Waals surface area contributed by atoms with Gasteiger partial charge < -0.3 is 9.47 Å². The van der Waals surface area contributed by atoms with Crippen molar-refractivity contribution >= 4 is 54.0 Å². The number of unbranched alkanes of at least 4 members (excludes halogenated alkanes) is 18. The van der Waals surface area contributed by atoms with E-state index in [1.165, 1.54) is 116 Å². The fraction of sp³-hybridized carbons (Fsp3) is 0.490. The maximum absolute atomic E-state index is 13.8. The molecular weight excluding hydrogens is 736 g/mol. The summed E-state index contributed by atoms with van der Waals surface area (Å²) in [6.45, 7) is 6.00. The van der Waals surface area contributed by atoms with Crippen LogP contribution in [0.15, 0.2) is 99.5 Å². The highest BCUT2D eigenvalue weighted by atomic mass is 35.5. The van der Waals surface area contributed by atoms with E-state index in [2.05, 4.69) is 68.4 Å². The summed E-state index contributed by atoms with van der Waals surface area (Å²) in [5, 5.41) is 1.83. The highest BCUT2D eigenvalue weighted by Gasteiger charge is 2.28. The predicted molar refractivity (Wildman–Crippen MR) is 242 cm³/mol. The molecule has 55 heavy (non-hydrogen) atoms. The number of ether oxygens (including phenoxy) is 2. The van der Waals surface area contributed by atoms with E-state index in [4.69, 9.17) is 21.1 Å². The standard InChI is InChI=1S/C49H64ClO3S2/c1-3-5-7-9-11-13-15-17-19-23-36-52-39-30-32-40(33-31-39)54-41-34-35-44(53-37-24-20-18-16-14-12-10-8-6-4-2)47(38-41)55-45-28-22-21-26-42(45)49(51)48-43(50)27-25-29-46(48)55/h21-22,25-35,38H,3-20,23-24,36-37H2,1-2H3/q+1. The molecule has 3 nitrogen and oxygen atoms in total. The van der Waals surface area contributed by atoms with Crippen LogP contribution in [0.5, 0.6) is 11.5 Å². The number of benzene rings is 4. The van der Waals surface area contributed by atoms with E-state index in [0.29, 0.717) is 17.0 Å². The Morgan fingerprint density at radius 1 is 0.545 bits per heavy atom. The molecule has 0 spiro atoms. The van der Waals surface area contributed by atoms with Crippen LogP contribution in [0, 0.1) is 0 Å². The lowest BCUT2D eigenvalue weighted by molar-refractivity contribution is 0.304. The molecule has 0 aliphatic heterocycles. The van der Waals surface area contributed by atoms with Crippen LogP contribution in [0.4, 0.5) is 0 Å². The van der Waals surface area contributed by atoms with Crippen molar-refractivity contribution in [1.82, 2.24) is 0 Å². The number of fused-ring (bicyclic) bond motifs is 2. The normalized spacial score (nSPS) is 11.8. The summed E-state index contributed by atoms with van der Waals surface area (Å²) >= 11 is 8.50. The van der Waals surface area contributed by atoms with Crippen molar-refractivity contribution in [3.05, 3.63) is 100 Å². The SMILES string of the molecule is CCCCCCCCCCCCOc1ccc(Sc2ccc(OCCCCCCCCCCCC)c(-[s+]3c4ccccc4c(=O)c4c(Cl)cccc43)c2)cc1. The van der Waals surface area contributed by atoms with E-state index in [-0.39, 0.29) is 5.43 Å². The summed E-state index contributed by atoms with van der Waals surface area (Å²) in [7, 11) is -0.561. The highest BCUT2D eigenvalue weighted by molar-refractivity contribution is 7.99. The molecule has 0 bridgehead atoms. The lowest BCUT2D eigenvalue weighted by Crippen LogP contribution is -2.03. The van der Waals surface area contributed by atoms with Gasteiger partial charge in [-0.2, -0.15) is 0 Å². The lowest BCUT2D eigenvalue weighted by atomic mass is 10.1. The molecule has 5 aromatic rings. The van der Waals surface area contributed by atoms with Crippen LogP contribution in [0.1, 0.15) is 142 Å². The van der Waals surface area contributed by atoms with Gasteiger partial charge in [-0.25, -0.2) is 0 Å². The first-order chi connectivity index (χ1) is 27.1. The van der Waals surface area contributed by atoms with Crippen LogP contribution in [-0.2, 0) is 0 Å². The maximum Gasteiger partial charge on any atom is 0.222 e. The molecular formula is C49H64ClO3S2+. The topological polar surface area (TPSA) is 35.5 Å². The molecule has 0 aliphatic rings. The third-order valence-electron chi connectivity index (χ3n) is 10.5. The first kappa shape index (κ1) is 43.1. The minimum Gasteiger partial charge on any atom is -0.494 e. The molecule has 0 saturated heterocycles. The maximum atomic E-state index is 13.8. The molecule has 0 aliphatic carbocycles. The van der Waals surface area contributed by atoms with Crippen molar-refractivity contribution in [1.29, 1.82) is 0 Å². The fourth-order valence-electron chi connectivity index (χ4n) is 7.34. The first-order valence-electron chi connectivity index (χ1n) is 21.4. The van der Waals surface area contributed by atoms with Crippen LogP contribution < -0.4 is 14.9 Å². The molecule has 4 aromatic carbocycles. The van der Waals surface area contributed by atoms with Crippen molar-refractivity contribution in [2.45, 2.75) is 152 Å². The number of hydrogen-bond donors (Lipinski definition) is 0. The average molecular weight is 801 g/mol. The van der Waals surface area contributed by atoms with Gasteiger partial charge >= 0.3 is 0 Å². The van der Waals surface area contributed by atoms with Crippen molar-refractivity contribution in [2.75, 3.05) is 13.2 Å². The Balaban J connectivity index is 1.25. The quantitative estimate of drug-likeness (QED) is 0.0301. The molecule has 6 heteroatoms. The molecule has 0 radical (unpaired) electrons. The average Bonchev–Trinajstić information content (AvgIpc) is 3.20. The Bertz CT molecular complexity index is 1920. The van der Waals surface area contributed by atoms with Gasteiger partial charge in [0.15, 0.2) is 15.1 Å². The Labute approximate surface area is 343 Å². The minimum absolute atomic E-state index is 0.00575. The Hall–Kier alpha value is -2.99. The number of rotatable bonds is 27. The van der Waals surface area contributed by atoms with E-state index >= 15 is 0 Å². The van der Waals surface area contributed by atoms with Gasteiger partial charge in [-0.1, -0.05) is 171 Å². The molecule has 296 valence electrons. The van der Waals surface area contributed by atoms with Crippen LogP contribution >= 0.6 is 33.8 Å². The summed E-state index contributed by atoms with van der Waals surface area (Å²) in [5.41, 5.74) is -0.00575. The number of halogens is 1. The molecule has 1 heterocycles. The second-order valence-corrected chi connectivity index (χ2v) is 18.5. The Morgan fingerprint density at radius 3 is 1.69 bits per heavy atom. The van der Waals surface area contributed by atoms with Gasteiger partial charge in [-0.05, 0) is 73.5 Å². The third-order valence-corrected chi connectivity index (χ3v) is 14.1. The van der Waals surface area contributed by atoms with Gasteiger partial charge in [-0.3, -0.25) is 4.79 Å². The molecule has 0 fully saturated rings. The summed E-state index contributed by atoms with van der Waals surface area (Å²) in [6, 6.07) is 28.9. The molecule has 1 atom stereocenters. The smallest absolute Gasteiger partial charge is 0.222 e. The van der Waals surface area contributed by atoms with Crippen molar-refractivity contribution in [3.63, 3.8) is 0 Å². The molecule has 5 rings (SSSR count). The van der Waals surface area contributed by atoms with Gasteiger partial charge in [0.2, 0.25) is 10.3 Å². The van der Waals surface area contributed by atoms with Crippen LogP contribution in [0.2, 0.25) is 5.02 Å². The van der Waals surface area contributed by atoms with Gasteiger partial charge in [0, 0.05) is 26.3 Å². The zero-order valence-corrected chi connectivity index (χ0v) is 35.9. The predicted octanol–water partition coefficient (Wildman–Crippen LogP) is 16.5. The monoisotopic (exact) mass is 799 g/mol. The van der Waals surface area contributed by atoms with Crippen molar-refractivity contribution < 1.29 is 9.47 Å². The van der Waals surface area contributed by atoms with E-state index in [1.54, 1.807) is 11.8 Å². The van der Waals surface area contributed by atoms with Gasteiger partial charge in [0.1, 0.15) is 11.1 Å². The number of hydrogen-bond acceptors (Lipinski definition) is 4. The lowest BCUT2D eigenvalue weighted by Gasteiger charge is -2.12. The third kappa shape index (κ3) is 13.6. The molecule has 1 aromatic heterocycles. The van der Waals surface area contributed by atoms with E-state index in [1.807, 2.05) is 30.3 Å². The highest BCUT2D eigenvalue weighted by Crippen LogP contribution is 2.49. The summed E-state index contributed by atoms with van der Waals surface area (Å²) < 4.78 is 14.7. The molecule has 1 unspecified atom stereocenters. The second kappa shape index (κ2) is 24.6.